The highest BCUT2D eigenvalue weighted by molar-refractivity contribution is 6.00. The first-order chi connectivity index (χ1) is 11.8. The third-order valence-corrected chi connectivity index (χ3v) is 3.62. The van der Waals surface area contributed by atoms with Gasteiger partial charge >= 0.3 is 17.9 Å². The fourth-order valence-electron chi connectivity index (χ4n) is 2.06. The van der Waals surface area contributed by atoms with Crippen molar-refractivity contribution in [1.82, 2.24) is 0 Å². The van der Waals surface area contributed by atoms with Crippen LogP contribution in [0.3, 0.4) is 0 Å². The molecule has 0 radical (unpaired) electrons. The van der Waals surface area contributed by atoms with E-state index in [2.05, 4.69) is 14.8 Å². The summed E-state index contributed by atoms with van der Waals surface area (Å²) in [7, 11) is 2.40. The van der Waals surface area contributed by atoms with E-state index in [1.165, 1.54) is 39.3 Å². The molecule has 1 amide bonds. The van der Waals surface area contributed by atoms with Crippen LogP contribution in [-0.2, 0) is 23.8 Å². The SMILES string of the molecule is COC(=O)c1cc(NC(=O)[C@@H](C)OC(=O)C2CC2)cc(C(=O)OC)c1. The number of benzene rings is 1. The minimum atomic E-state index is -1.00. The average molecular weight is 349 g/mol. The Morgan fingerprint density at radius 1 is 1.00 bits per heavy atom. The summed E-state index contributed by atoms with van der Waals surface area (Å²) in [6, 6.07) is 4.00. The van der Waals surface area contributed by atoms with Crippen molar-refractivity contribution in [2.75, 3.05) is 19.5 Å². The fraction of sp³-hybridized carbons (Fsp3) is 0.412. The molecule has 8 heteroatoms. The van der Waals surface area contributed by atoms with Crippen LogP contribution in [0.4, 0.5) is 5.69 Å². The number of amides is 1. The highest BCUT2D eigenvalue weighted by atomic mass is 16.5. The van der Waals surface area contributed by atoms with Gasteiger partial charge in [0.2, 0.25) is 0 Å². The Kier molecular flexibility index (Phi) is 5.74. The minimum absolute atomic E-state index is 0.0725. The van der Waals surface area contributed by atoms with Crippen molar-refractivity contribution in [3.63, 3.8) is 0 Å². The molecule has 2 rings (SSSR count). The molecule has 1 fully saturated rings. The number of hydrogen-bond donors (Lipinski definition) is 1. The fourth-order valence-corrected chi connectivity index (χ4v) is 2.06. The van der Waals surface area contributed by atoms with Gasteiger partial charge in [-0.2, -0.15) is 0 Å². The summed E-state index contributed by atoms with van der Waals surface area (Å²) in [4.78, 5) is 47.2. The molecule has 8 nitrogen and oxygen atoms in total. The standard InChI is InChI=1S/C17H19NO7/c1-9(25-17(22)10-4-5-10)14(19)18-13-7-11(15(20)23-2)6-12(8-13)16(21)24-3/h6-10H,4-5H2,1-3H3,(H,18,19)/t9-/m1/s1. The molecule has 134 valence electrons. The quantitative estimate of drug-likeness (QED) is 0.613. The first-order valence-corrected chi connectivity index (χ1v) is 7.68. The summed E-state index contributed by atoms with van der Waals surface area (Å²) in [5, 5.41) is 2.51. The summed E-state index contributed by atoms with van der Waals surface area (Å²) in [6.07, 6.45) is 0.546. The second kappa shape index (κ2) is 7.78. The van der Waals surface area contributed by atoms with E-state index in [9.17, 15) is 19.2 Å². The van der Waals surface area contributed by atoms with Crippen molar-refractivity contribution in [3.8, 4) is 0 Å². The normalized spacial score (nSPS) is 14.2. The van der Waals surface area contributed by atoms with Crippen LogP contribution in [0.1, 0.15) is 40.5 Å². The lowest BCUT2D eigenvalue weighted by atomic mass is 10.1. The second-order valence-corrected chi connectivity index (χ2v) is 5.62. The number of ether oxygens (including phenoxy) is 3. The number of esters is 3. The van der Waals surface area contributed by atoms with E-state index in [1.807, 2.05) is 0 Å². The van der Waals surface area contributed by atoms with E-state index in [1.54, 1.807) is 0 Å². The molecule has 1 aliphatic rings. The Labute approximate surface area is 144 Å². The van der Waals surface area contributed by atoms with Gasteiger partial charge in [0.25, 0.3) is 5.91 Å². The molecule has 0 aliphatic heterocycles. The highest BCUT2D eigenvalue weighted by Gasteiger charge is 2.33. The van der Waals surface area contributed by atoms with Crippen LogP contribution >= 0.6 is 0 Å². The lowest BCUT2D eigenvalue weighted by Crippen LogP contribution is -2.30. The molecule has 1 saturated carbocycles. The van der Waals surface area contributed by atoms with Crippen molar-refractivity contribution in [2.45, 2.75) is 25.9 Å². The first-order valence-electron chi connectivity index (χ1n) is 7.68. The number of anilines is 1. The summed E-state index contributed by atoms with van der Waals surface area (Å²) in [5.41, 5.74) is 0.328. The molecule has 1 aromatic rings. The molecule has 1 aromatic carbocycles. The Bertz CT molecular complexity index is 675. The van der Waals surface area contributed by atoms with Gasteiger partial charge in [0, 0.05) is 5.69 Å². The molecule has 0 bridgehead atoms. The Hall–Kier alpha value is -2.90. The number of nitrogens with one attached hydrogen (secondary N) is 1. The molecule has 25 heavy (non-hydrogen) atoms. The molecule has 0 heterocycles. The lowest BCUT2D eigenvalue weighted by molar-refractivity contribution is -0.154. The predicted octanol–water partition coefficient (Wildman–Crippen LogP) is 1.54. The Morgan fingerprint density at radius 3 is 1.96 bits per heavy atom. The maximum atomic E-state index is 12.2. The van der Waals surface area contributed by atoms with Gasteiger partial charge in [0.15, 0.2) is 6.10 Å². The van der Waals surface area contributed by atoms with Gasteiger partial charge in [-0.1, -0.05) is 0 Å². The molecule has 0 unspecified atom stereocenters. The van der Waals surface area contributed by atoms with Gasteiger partial charge in [0.05, 0.1) is 31.3 Å². The molecule has 0 spiro atoms. The molecule has 1 N–H and O–H groups in total. The Balaban J connectivity index is 2.15. The topological polar surface area (TPSA) is 108 Å². The van der Waals surface area contributed by atoms with E-state index in [-0.39, 0.29) is 22.7 Å². The van der Waals surface area contributed by atoms with Gasteiger partial charge in [0.1, 0.15) is 0 Å². The average Bonchev–Trinajstić information content (AvgIpc) is 3.44. The number of carbonyl (C=O) groups excluding carboxylic acids is 4. The molecular weight excluding hydrogens is 330 g/mol. The first kappa shape index (κ1) is 18.4. The molecule has 1 atom stereocenters. The number of rotatable bonds is 6. The van der Waals surface area contributed by atoms with E-state index in [0.29, 0.717) is 0 Å². The second-order valence-electron chi connectivity index (χ2n) is 5.62. The highest BCUT2D eigenvalue weighted by Crippen LogP contribution is 2.30. The van der Waals surface area contributed by atoms with Gasteiger partial charge < -0.3 is 19.5 Å². The van der Waals surface area contributed by atoms with E-state index in [0.717, 1.165) is 12.8 Å². The summed E-state index contributed by atoms with van der Waals surface area (Å²) in [5.74, 6) is -2.44. The molecule has 1 aliphatic carbocycles. The zero-order chi connectivity index (χ0) is 18.6. The van der Waals surface area contributed by atoms with Crippen LogP contribution in [0, 0.1) is 5.92 Å². The van der Waals surface area contributed by atoms with Gasteiger partial charge in [-0.05, 0) is 38.0 Å². The van der Waals surface area contributed by atoms with Crippen molar-refractivity contribution < 1.29 is 33.4 Å². The largest absolute Gasteiger partial charge is 0.465 e. The van der Waals surface area contributed by atoms with E-state index < -0.39 is 29.9 Å². The Morgan fingerprint density at radius 2 is 1.52 bits per heavy atom. The van der Waals surface area contributed by atoms with Gasteiger partial charge in [-0.25, -0.2) is 9.59 Å². The molecular formula is C17H19NO7. The number of methoxy groups -OCH3 is 2. The third kappa shape index (κ3) is 4.79. The van der Waals surface area contributed by atoms with Crippen molar-refractivity contribution in [2.24, 2.45) is 5.92 Å². The predicted molar refractivity (Wildman–Crippen MR) is 86.0 cm³/mol. The van der Waals surface area contributed by atoms with Crippen LogP contribution in [-0.4, -0.2) is 44.1 Å². The zero-order valence-electron chi connectivity index (χ0n) is 14.2. The van der Waals surface area contributed by atoms with Crippen LogP contribution in [0.25, 0.3) is 0 Å². The van der Waals surface area contributed by atoms with Crippen LogP contribution in [0.2, 0.25) is 0 Å². The van der Waals surface area contributed by atoms with E-state index in [4.69, 9.17) is 4.74 Å². The van der Waals surface area contributed by atoms with Crippen molar-refractivity contribution in [3.05, 3.63) is 29.3 Å². The van der Waals surface area contributed by atoms with Gasteiger partial charge in [-0.15, -0.1) is 0 Å². The minimum Gasteiger partial charge on any atom is -0.465 e. The molecule has 0 saturated heterocycles. The van der Waals surface area contributed by atoms with Crippen LogP contribution in [0.15, 0.2) is 18.2 Å². The number of hydrogen-bond acceptors (Lipinski definition) is 7. The zero-order valence-corrected chi connectivity index (χ0v) is 14.2. The van der Waals surface area contributed by atoms with Crippen molar-refractivity contribution in [1.29, 1.82) is 0 Å². The summed E-state index contributed by atoms with van der Waals surface area (Å²) in [6.45, 7) is 1.45. The lowest BCUT2D eigenvalue weighted by Gasteiger charge is -2.14. The van der Waals surface area contributed by atoms with Crippen molar-refractivity contribution >= 4 is 29.5 Å². The number of carbonyl (C=O) groups is 4. The maximum Gasteiger partial charge on any atom is 0.337 e. The summed E-state index contributed by atoms with van der Waals surface area (Å²) < 4.78 is 14.3. The summed E-state index contributed by atoms with van der Waals surface area (Å²) >= 11 is 0. The van der Waals surface area contributed by atoms with Crippen LogP contribution < -0.4 is 5.32 Å². The van der Waals surface area contributed by atoms with Crippen LogP contribution in [0.5, 0.6) is 0 Å². The smallest absolute Gasteiger partial charge is 0.337 e. The maximum absolute atomic E-state index is 12.2. The van der Waals surface area contributed by atoms with Gasteiger partial charge in [-0.3, -0.25) is 9.59 Å². The monoisotopic (exact) mass is 349 g/mol. The molecule has 0 aromatic heterocycles. The van der Waals surface area contributed by atoms with E-state index >= 15 is 0 Å². The third-order valence-electron chi connectivity index (χ3n) is 3.62.